The minimum absolute atomic E-state index is 0.00255. The van der Waals surface area contributed by atoms with Crippen LogP contribution >= 0.6 is 0 Å². The number of nitrogens with one attached hydrogen (secondary N) is 1. The topological polar surface area (TPSA) is 68.7 Å². The van der Waals surface area contributed by atoms with E-state index in [1.807, 2.05) is 17.0 Å². The van der Waals surface area contributed by atoms with Gasteiger partial charge < -0.3 is 20.2 Å². The molecular weight excluding hydrogens is 388 g/mol. The summed E-state index contributed by atoms with van der Waals surface area (Å²) in [4.78, 5) is 22.1. The molecule has 1 saturated carbocycles. The molecular formula is C25H32N4O2. The lowest BCUT2D eigenvalue weighted by Gasteiger charge is -2.31. The molecule has 1 aromatic carbocycles. The van der Waals surface area contributed by atoms with Crippen LogP contribution in [-0.4, -0.2) is 48.7 Å². The Kier molecular flexibility index (Phi) is 5.67. The van der Waals surface area contributed by atoms with Crippen LogP contribution in [0.4, 0.5) is 11.4 Å². The van der Waals surface area contributed by atoms with E-state index in [0.29, 0.717) is 0 Å². The Morgan fingerprint density at radius 2 is 1.84 bits per heavy atom. The van der Waals surface area contributed by atoms with E-state index in [0.717, 1.165) is 82.6 Å². The van der Waals surface area contributed by atoms with Gasteiger partial charge in [-0.05, 0) is 49.4 Å². The van der Waals surface area contributed by atoms with E-state index in [9.17, 15) is 9.90 Å². The first-order valence-electron chi connectivity index (χ1n) is 11.7. The van der Waals surface area contributed by atoms with Crippen molar-refractivity contribution < 1.29 is 9.90 Å². The second kappa shape index (κ2) is 8.60. The van der Waals surface area contributed by atoms with Gasteiger partial charge in [-0.1, -0.05) is 31.0 Å². The van der Waals surface area contributed by atoms with Gasteiger partial charge in [0.05, 0.1) is 17.6 Å². The van der Waals surface area contributed by atoms with Crippen LogP contribution in [0.25, 0.3) is 0 Å². The lowest BCUT2D eigenvalue weighted by Crippen LogP contribution is -2.44. The molecule has 2 N–H and O–H groups in total. The van der Waals surface area contributed by atoms with Gasteiger partial charge in [-0.25, -0.2) is 0 Å². The van der Waals surface area contributed by atoms with Gasteiger partial charge in [0.25, 0.3) is 0 Å². The normalized spacial score (nSPS) is 23.5. The van der Waals surface area contributed by atoms with E-state index in [1.54, 1.807) is 6.20 Å². The predicted octanol–water partition coefficient (Wildman–Crippen LogP) is 2.85. The predicted molar refractivity (Wildman–Crippen MR) is 122 cm³/mol. The summed E-state index contributed by atoms with van der Waals surface area (Å²) in [5, 5.41) is 14.2. The summed E-state index contributed by atoms with van der Waals surface area (Å²) in [7, 11) is 0. The third-order valence-corrected chi connectivity index (χ3v) is 7.20. The Morgan fingerprint density at radius 1 is 1.06 bits per heavy atom. The summed E-state index contributed by atoms with van der Waals surface area (Å²) >= 11 is 0. The van der Waals surface area contributed by atoms with E-state index >= 15 is 0 Å². The number of pyridine rings is 1. The Labute approximate surface area is 184 Å². The Balaban J connectivity index is 1.28. The highest BCUT2D eigenvalue weighted by Gasteiger charge is 2.36. The van der Waals surface area contributed by atoms with E-state index in [-0.39, 0.29) is 11.8 Å². The highest BCUT2D eigenvalue weighted by molar-refractivity contribution is 5.97. The van der Waals surface area contributed by atoms with Gasteiger partial charge in [-0.3, -0.25) is 9.78 Å². The quantitative estimate of drug-likeness (QED) is 0.779. The van der Waals surface area contributed by atoms with Gasteiger partial charge in [-0.15, -0.1) is 0 Å². The molecule has 1 atom stereocenters. The molecule has 0 radical (unpaired) electrons. The van der Waals surface area contributed by atoms with Gasteiger partial charge in [0.1, 0.15) is 5.60 Å². The number of amides is 1. The maximum absolute atomic E-state index is 13.2. The van der Waals surface area contributed by atoms with Crippen LogP contribution in [0.5, 0.6) is 0 Å². The second-order valence-corrected chi connectivity index (χ2v) is 9.19. The standard InChI is InChI=1S/C25H32N4O2/c30-24-20(17-19-5-1-2-6-22(19)28-15-12-26-13-16-28)9-14-29(24)21-7-8-23(27-18-21)25(31)10-3-4-11-25/h1-2,5-8,18,20,26,31H,3-4,9-17H2/t20-/m1/s1. The van der Waals surface area contributed by atoms with Crippen LogP contribution in [0.15, 0.2) is 42.6 Å². The molecule has 2 aliphatic heterocycles. The number of nitrogens with zero attached hydrogens (tertiary/aromatic N) is 3. The molecule has 5 rings (SSSR count). The number of carbonyl (C=O) groups is 1. The average Bonchev–Trinajstić information content (AvgIpc) is 3.42. The number of hydrogen-bond acceptors (Lipinski definition) is 5. The zero-order chi connectivity index (χ0) is 21.3. The van der Waals surface area contributed by atoms with Crippen LogP contribution in [0.1, 0.15) is 43.4 Å². The fraction of sp³-hybridized carbons (Fsp3) is 0.520. The first-order valence-corrected chi connectivity index (χ1v) is 11.7. The van der Waals surface area contributed by atoms with Crippen molar-refractivity contribution in [3.05, 3.63) is 53.9 Å². The SMILES string of the molecule is O=C1[C@@H](Cc2ccccc2N2CCNCC2)CCN1c1ccc(C2(O)CCCC2)nc1. The van der Waals surface area contributed by atoms with E-state index in [1.165, 1.54) is 11.3 Å². The number of piperazine rings is 1. The summed E-state index contributed by atoms with van der Waals surface area (Å²) in [6.07, 6.45) is 7.04. The van der Waals surface area contributed by atoms with E-state index < -0.39 is 5.60 Å². The Morgan fingerprint density at radius 3 is 2.58 bits per heavy atom. The molecule has 1 aromatic heterocycles. The fourth-order valence-electron chi connectivity index (χ4n) is 5.38. The number of para-hydroxylation sites is 1. The van der Waals surface area contributed by atoms with Crippen LogP contribution < -0.4 is 15.1 Å². The summed E-state index contributed by atoms with van der Waals surface area (Å²) in [6, 6.07) is 12.4. The molecule has 2 saturated heterocycles. The number of hydrogen-bond donors (Lipinski definition) is 2. The third-order valence-electron chi connectivity index (χ3n) is 7.20. The van der Waals surface area contributed by atoms with E-state index in [2.05, 4.69) is 39.5 Å². The first-order chi connectivity index (χ1) is 15.1. The zero-order valence-electron chi connectivity index (χ0n) is 18.1. The summed E-state index contributed by atoms with van der Waals surface area (Å²) in [5.74, 6) is 0.187. The first kappa shape index (κ1) is 20.5. The molecule has 1 amide bonds. The number of benzene rings is 1. The van der Waals surface area contributed by atoms with Crippen molar-refractivity contribution in [3.63, 3.8) is 0 Å². The van der Waals surface area contributed by atoms with Crippen molar-refractivity contribution >= 4 is 17.3 Å². The van der Waals surface area contributed by atoms with Crippen molar-refractivity contribution in [1.29, 1.82) is 0 Å². The fourth-order valence-corrected chi connectivity index (χ4v) is 5.38. The molecule has 0 bridgehead atoms. The summed E-state index contributed by atoms with van der Waals surface area (Å²) in [6.45, 7) is 4.74. The van der Waals surface area contributed by atoms with Gasteiger partial charge in [-0.2, -0.15) is 0 Å². The molecule has 6 heteroatoms. The summed E-state index contributed by atoms with van der Waals surface area (Å²) in [5.41, 5.74) is 3.33. The minimum atomic E-state index is -0.788. The number of rotatable bonds is 5. The Hall–Kier alpha value is -2.44. The van der Waals surface area contributed by atoms with Crippen molar-refractivity contribution in [2.45, 2.75) is 44.1 Å². The van der Waals surface area contributed by atoms with Gasteiger partial charge in [0.15, 0.2) is 0 Å². The maximum atomic E-state index is 13.2. The van der Waals surface area contributed by atoms with Gasteiger partial charge in [0, 0.05) is 44.3 Å². The van der Waals surface area contributed by atoms with Crippen molar-refractivity contribution in [3.8, 4) is 0 Å². The van der Waals surface area contributed by atoms with Gasteiger partial charge in [0.2, 0.25) is 5.91 Å². The average molecular weight is 421 g/mol. The molecule has 164 valence electrons. The molecule has 3 heterocycles. The monoisotopic (exact) mass is 420 g/mol. The number of anilines is 2. The zero-order valence-corrected chi connectivity index (χ0v) is 18.1. The van der Waals surface area contributed by atoms with Gasteiger partial charge >= 0.3 is 0 Å². The molecule has 1 aliphatic carbocycles. The maximum Gasteiger partial charge on any atom is 0.230 e. The minimum Gasteiger partial charge on any atom is -0.384 e. The van der Waals surface area contributed by atoms with Crippen LogP contribution in [0, 0.1) is 5.92 Å². The van der Waals surface area contributed by atoms with Crippen LogP contribution in [0.3, 0.4) is 0 Å². The van der Waals surface area contributed by atoms with E-state index in [4.69, 9.17) is 0 Å². The smallest absolute Gasteiger partial charge is 0.230 e. The van der Waals surface area contributed by atoms with Crippen LogP contribution in [-0.2, 0) is 16.8 Å². The molecule has 2 aromatic rings. The molecule has 3 aliphatic rings. The number of aromatic nitrogens is 1. The molecule has 6 nitrogen and oxygen atoms in total. The van der Waals surface area contributed by atoms with Crippen LogP contribution in [0.2, 0.25) is 0 Å². The third kappa shape index (κ3) is 4.06. The molecule has 3 fully saturated rings. The van der Waals surface area contributed by atoms with Crippen molar-refractivity contribution in [1.82, 2.24) is 10.3 Å². The summed E-state index contributed by atoms with van der Waals surface area (Å²) < 4.78 is 0. The number of carbonyl (C=O) groups excluding carboxylic acids is 1. The highest BCUT2D eigenvalue weighted by atomic mass is 16.3. The Bertz CT molecular complexity index is 917. The lowest BCUT2D eigenvalue weighted by atomic mass is 9.96. The van der Waals surface area contributed by atoms with Crippen molar-refractivity contribution in [2.75, 3.05) is 42.5 Å². The number of aliphatic hydroxyl groups is 1. The second-order valence-electron chi connectivity index (χ2n) is 9.19. The largest absolute Gasteiger partial charge is 0.384 e. The molecule has 0 unspecified atom stereocenters. The molecule has 0 spiro atoms. The highest BCUT2D eigenvalue weighted by Crippen LogP contribution is 2.38. The lowest BCUT2D eigenvalue weighted by molar-refractivity contribution is -0.120. The van der Waals surface area contributed by atoms with Crippen molar-refractivity contribution in [2.24, 2.45) is 5.92 Å². The molecule has 31 heavy (non-hydrogen) atoms.